The number of nitrogens with one attached hydrogen (secondary N) is 1. The number of para-hydroxylation sites is 2. The molecule has 0 unspecified atom stereocenters. The zero-order valence-corrected chi connectivity index (χ0v) is 14.1. The van der Waals surface area contributed by atoms with E-state index in [4.69, 9.17) is 17.2 Å². The van der Waals surface area contributed by atoms with E-state index in [0.29, 0.717) is 0 Å². The smallest absolute Gasteiger partial charge is 0.206 e. The van der Waals surface area contributed by atoms with Crippen LogP contribution in [-0.4, -0.2) is 52.3 Å². The Bertz CT molecular complexity index is 658. The minimum atomic E-state index is 0.867. The van der Waals surface area contributed by atoms with Crippen LogP contribution in [0.2, 0.25) is 0 Å². The van der Waals surface area contributed by atoms with Gasteiger partial charge >= 0.3 is 0 Å². The van der Waals surface area contributed by atoms with Gasteiger partial charge in [0.2, 0.25) is 5.95 Å². The highest BCUT2D eigenvalue weighted by atomic mass is 32.1. The Kier molecular flexibility index (Phi) is 4.47. The summed E-state index contributed by atoms with van der Waals surface area (Å²) in [6.07, 6.45) is 0. The summed E-state index contributed by atoms with van der Waals surface area (Å²) < 4.78 is 2.30. The van der Waals surface area contributed by atoms with Crippen LogP contribution in [0.25, 0.3) is 11.0 Å². The molecule has 5 nitrogen and oxygen atoms in total. The number of thiocarbonyl (C=S) groups is 1. The first kappa shape index (κ1) is 15.1. The summed E-state index contributed by atoms with van der Waals surface area (Å²) in [6, 6.07) is 8.35. The highest BCUT2D eigenvalue weighted by Crippen LogP contribution is 2.23. The normalized spacial score (nSPS) is 15.4. The van der Waals surface area contributed by atoms with E-state index in [0.717, 1.165) is 55.8 Å². The first-order valence-corrected chi connectivity index (χ1v) is 8.38. The number of aryl methyl sites for hydroxylation is 1. The van der Waals surface area contributed by atoms with E-state index in [1.165, 1.54) is 5.52 Å². The van der Waals surface area contributed by atoms with Crippen LogP contribution in [-0.2, 0) is 6.54 Å². The van der Waals surface area contributed by atoms with Crippen molar-refractivity contribution in [1.82, 2.24) is 19.8 Å². The Balaban J connectivity index is 1.78. The minimum Gasteiger partial charge on any atom is -0.363 e. The fourth-order valence-electron chi connectivity index (χ4n) is 2.99. The van der Waals surface area contributed by atoms with Crippen LogP contribution in [0, 0.1) is 0 Å². The summed E-state index contributed by atoms with van der Waals surface area (Å²) in [6.45, 7) is 9.86. The number of rotatable bonds is 3. The first-order chi connectivity index (χ1) is 10.7. The van der Waals surface area contributed by atoms with Crippen molar-refractivity contribution in [2.45, 2.75) is 20.4 Å². The van der Waals surface area contributed by atoms with Gasteiger partial charge in [-0.15, -0.1) is 0 Å². The summed E-state index contributed by atoms with van der Waals surface area (Å²) in [7, 11) is 0. The molecule has 22 heavy (non-hydrogen) atoms. The molecule has 2 heterocycles. The molecule has 1 aromatic heterocycles. The minimum absolute atomic E-state index is 0.867. The second-order valence-electron chi connectivity index (χ2n) is 5.45. The van der Waals surface area contributed by atoms with Gasteiger partial charge in [0, 0.05) is 39.3 Å². The summed E-state index contributed by atoms with van der Waals surface area (Å²) in [5.74, 6) is 1.08. The number of piperazine rings is 1. The first-order valence-electron chi connectivity index (χ1n) is 7.97. The Morgan fingerprint density at radius 2 is 1.91 bits per heavy atom. The van der Waals surface area contributed by atoms with E-state index in [9.17, 15) is 0 Å². The maximum atomic E-state index is 5.40. The SMILES string of the molecule is CCNC(=S)N1CCN(c2nc3ccccc3n2CC)CC1. The molecule has 6 heteroatoms. The van der Waals surface area contributed by atoms with Crippen molar-refractivity contribution in [3.8, 4) is 0 Å². The van der Waals surface area contributed by atoms with Gasteiger partial charge in [-0.1, -0.05) is 12.1 Å². The predicted molar refractivity (Wildman–Crippen MR) is 95.5 cm³/mol. The molecule has 0 aliphatic carbocycles. The maximum absolute atomic E-state index is 5.40. The Morgan fingerprint density at radius 1 is 1.18 bits per heavy atom. The standard InChI is InChI=1S/C16H23N5S/c1-3-17-16(22)20-11-9-19(10-12-20)15-18-13-7-5-6-8-14(13)21(15)4-2/h5-8H,3-4,9-12H2,1-2H3,(H,17,22). The number of nitrogens with zero attached hydrogens (tertiary/aromatic N) is 4. The Hall–Kier alpha value is -1.82. The van der Waals surface area contributed by atoms with E-state index >= 15 is 0 Å². The number of imidazole rings is 1. The number of anilines is 1. The summed E-state index contributed by atoms with van der Waals surface area (Å²) in [5, 5.41) is 4.10. The molecule has 0 atom stereocenters. The van der Waals surface area contributed by atoms with Crippen molar-refractivity contribution in [3.63, 3.8) is 0 Å². The molecule has 118 valence electrons. The van der Waals surface area contributed by atoms with Crippen molar-refractivity contribution in [2.75, 3.05) is 37.6 Å². The molecule has 1 fully saturated rings. The molecule has 1 aliphatic heterocycles. The predicted octanol–water partition coefficient (Wildman–Crippen LogP) is 2.07. The van der Waals surface area contributed by atoms with Gasteiger partial charge in [0.25, 0.3) is 0 Å². The molecule has 3 rings (SSSR count). The lowest BCUT2D eigenvalue weighted by atomic mass is 10.3. The van der Waals surface area contributed by atoms with Gasteiger partial charge in [-0.25, -0.2) is 4.98 Å². The Morgan fingerprint density at radius 3 is 2.59 bits per heavy atom. The number of fused-ring (bicyclic) bond motifs is 1. The van der Waals surface area contributed by atoms with Crippen LogP contribution < -0.4 is 10.2 Å². The molecule has 1 saturated heterocycles. The van der Waals surface area contributed by atoms with Gasteiger partial charge < -0.3 is 19.7 Å². The largest absolute Gasteiger partial charge is 0.363 e. The van der Waals surface area contributed by atoms with E-state index < -0.39 is 0 Å². The van der Waals surface area contributed by atoms with Gasteiger partial charge in [0.05, 0.1) is 11.0 Å². The fourth-order valence-corrected chi connectivity index (χ4v) is 3.32. The van der Waals surface area contributed by atoms with Crippen LogP contribution >= 0.6 is 12.2 Å². The van der Waals surface area contributed by atoms with E-state index in [2.05, 4.69) is 51.7 Å². The molecule has 2 aromatic rings. The third-order valence-corrected chi connectivity index (χ3v) is 4.53. The quantitative estimate of drug-likeness (QED) is 0.877. The lowest BCUT2D eigenvalue weighted by Crippen LogP contribution is -2.52. The summed E-state index contributed by atoms with van der Waals surface area (Å²) >= 11 is 5.40. The van der Waals surface area contributed by atoms with Gasteiger partial charge in [-0.05, 0) is 38.2 Å². The number of aromatic nitrogens is 2. The fraction of sp³-hybridized carbons (Fsp3) is 0.500. The molecule has 1 aliphatic rings. The van der Waals surface area contributed by atoms with Gasteiger partial charge in [-0.3, -0.25) is 0 Å². The number of benzene rings is 1. The van der Waals surface area contributed by atoms with Crippen molar-refractivity contribution in [3.05, 3.63) is 24.3 Å². The van der Waals surface area contributed by atoms with Crippen LogP contribution in [0.4, 0.5) is 5.95 Å². The van der Waals surface area contributed by atoms with Crippen LogP contribution in [0.5, 0.6) is 0 Å². The van der Waals surface area contributed by atoms with Crippen LogP contribution in [0.1, 0.15) is 13.8 Å². The second kappa shape index (κ2) is 6.52. The maximum Gasteiger partial charge on any atom is 0.206 e. The lowest BCUT2D eigenvalue weighted by Gasteiger charge is -2.36. The zero-order chi connectivity index (χ0) is 15.5. The zero-order valence-electron chi connectivity index (χ0n) is 13.2. The second-order valence-corrected chi connectivity index (χ2v) is 5.84. The van der Waals surface area contributed by atoms with Crippen molar-refractivity contribution < 1.29 is 0 Å². The van der Waals surface area contributed by atoms with Crippen molar-refractivity contribution in [1.29, 1.82) is 0 Å². The van der Waals surface area contributed by atoms with Crippen molar-refractivity contribution >= 4 is 34.3 Å². The van der Waals surface area contributed by atoms with Crippen LogP contribution in [0.3, 0.4) is 0 Å². The average Bonchev–Trinajstić information content (AvgIpc) is 2.93. The monoisotopic (exact) mass is 317 g/mol. The highest BCUT2D eigenvalue weighted by Gasteiger charge is 2.22. The Labute approximate surface area is 136 Å². The summed E-state index contributed by atoms with van der Waals surface area (Å²) in [5.41, 5.74) is 2.29. The van der Waals surface area contributed by atoms with Gasteiger partial charge in [0.15, 0.2) is 5.11 Å². The average molecular weight is 317 g/mol. The molecular weight excluding hydrogens is 294 g/mol. The molecule has 0 radical (unpaired) electrons. The van der Waals surface area contributed by atoms with Gasteiger partial charge in [0.1, 0.15) is 0 Å². The molecule has 0 amide bonds. The molecule has 0 bridgehead atoms. The molecule has 1 N–H and O–H groups in total. The number of hydrogen-bond donors (Lipinski definition) is 1. The molecular formula is C16H23N5S. The molecule has 0 saturated carbocycles. The third-order valence-electron chi connectivity index (χ3n) is 4.13. The summed E-state index contributed by atoms with van der Waals surface area (Å²) in [4.78, 5) is 9.45. The topological polar surface area (TPSA) is 36.3 Å². The van der Waals surface area contributed by atoms with Gasteiger partial charge in [-0.2, -0.15) is 0 Å². The highest BCUT2D eigenvalue weighted by molar-refractivity contribution is 7.80. The van der Waals surface area contributed by atoms with E-state index in [1.54, 1.807) is 0 Å². The molecule has 1 aromatic carbocycles. The lowest BCUT2D eigenvalue weighted by molar-refractivity contribution is 0.377. The van der Waals surface area contributed by atoms with Crippen LogP contribution in [0.15, 0.2) is 24.3 Å². The van der Waals surface area contributed by atoms with E-state index in [1.807, 2.05) is 6.07 Å². The number of hydrogen-bond acceptors (Lipinski definition) is 3. The third kappa shape index (κ3) is 2.75. The van der Waals surface area contributed by atoms with E-state index in [-0.39, 0.29) is 0 Å². The molecule has 0 spiro atoms. The van der Waals surface area contributed by atoms with Crippen molar-refractivity contribution in [2.24, 2.45) is 0 Å².